The average Bonchev–Trinajstić information content (AvgIpc) is 3.36. The number of piperidine rings is 1. The third-order valence-electron chi connectivity index (χ3n) is 4.56. The summed E-state index contributed by atoms with van der Waals surface area (Å²) in [6.45, 7) is 2.40. The minimum absolute atomic E-state index is 0.156. The van der Waals surface area contributed by atoms with Crippen LogP contribution in [0.4, 0.5) is 10.5 Å². The van der Waals surface area contributed by atoms with Gasteiger partial charge in [-0.1, -0.05) is 23.4 Å². The fourth-order valence-electron chi connectivity index (χ4n) is 3.13. The molecule has 0 radical (unpaired) electrons. The SMILES string of the molecule is O=C(Nc1ccccc1)NC1CCN(Cc2nc(-c3ccsc3)no2)CC1. The largest absolute Gasteiger partial charge is 0.338 e. The number of hydrogen-bond donors (Lipinski definition) is 2. The van der Waals surface area contributed by atoms with E-state index in [0.29, 0.717) is 18.3 Å². The normalized spacial score (nSPS) is 15.6. The highest BCUT2D eigenvalue weighted by molar-refractivity contribution is 7.08. The Balaban J connectivity index is 1.23. The fraction of sp³-hybridized carbons (Fsp3) is 0.316. The summed E-state index contributed by atoms with van der Waals surface area (Å²) in [7, 11) is 0. The summed E-state index contributed by atoms with van der Waals surface area (Å²) < 4.78 is 5.37. The lowest BCUT2D eigenvalue weighted by Crippen LogP contribution is -2.45. The second-order valence-electron chi connectivity index (χ2n) is 6.54. The van der Waals surface area contributed by atoms with Gasteiger partial charge in [0.2, 0.25) is 11.7 Å². The quantitative estimate of drug-likeness (QED) is 0.704. The molecule has 8 heteroatoms. The Kier molecular flexibility index (Phi) is 5.45. The molecule has 3 heterocycles. The minimum Gasteiger partial charge on any atom is -0.338 e. The van der Waals surface area contributed by atoms with Crippen molar-refractivity contribution < 1.29 is 9.32 Å². The highest BCUT2D eigenvalue weighted by Crippen LogP contribution is 2.20. The van der Waals surface area contributed by atoms with Crippen LogP contribution in [-0.2, 0) is 6.54 Å². The van der Waals surface area contributed by atoms with Crippen molar-refractivity contribution in [3.8, 4) is 11.4 Å². The molecule has 7 nitrogen and oxygen atoms in total. The van der Waals surface area contributed by atoms with Gasteiger partial charge in [0.15, 0.2) is 0 Å². The zero-order valence-electron chi connectivity index (χ0n) is 14.8. The van der Waals surface area contributed by atoms with Gasteiger partial charge in [0.05, 0.1) is 6.54 Å². The molecule has 1 saturated heterocycles. The first-order valence-corrected chi connectivity index (χ1v) is 9.90. The van der Waals surface area contributed by atoms with E-state index >= 15 is 0 Å². The first-order chi connectivity index (χ1) is 13.3. The number of amides is 2. The van der Waals surface area contributed by atoms with Crippen molar-refractivity contribution in [1.29, 1.82) is 0 Å². The highest BCUT2D eigenvalue weighted by atomic mass is 32.1. The van der Waals surface area contributed by atoms with E-state index in [2.05, 4.69) is 25.7 Å². The number of benzene rings is 1. The summed E-state index contributed by atoms with van der Waals surface area (Å²) in [4.78, 5) is 18.8. The van der Waals surface area contributed by atoms with E-state index in [1.54, 1.807) is 11.3 Å². The summed E-state index contributed by atoms with van der Waals surface area (Å²) in [5.41, 5.74) is 1.78. The summed E-state index contributed by atoms with van der Waals surface area (Å²) in [6, 6.07) is 11.5. The van der Waals surface area contributed by atoms with Crippen LogP contribution in [0.3, 0.4) is 0 Å². The van der Waals surface area contributed by atoms with E-state index in [-0.39, 0.29) is 12.1 Å². The maximum atomic E-state index is 12.1. The second-order valence-corrected chi connectivity index (χ2v) is 7.32. The Hall–Kier alpha value is -2.71. The number of thiophene rings is 1. The van der Waals surface area contributed by atoms with Gasteiger partial charge in [-0.2, -0.15) is 16.3 Å². The molecule has 4 rings (SSSR count). The van der Waals surface area contributed by atoms with Crippen molar-refractivity contribution in [2.24, 2.45) is 0 Å². The fourth-order valence-corrected chi connectivity index (χ4v) is 3.76. The monoisotopic (exact) mass is 383 g/mol. The third kappa shape index (κ3) is 4.72. The zero-order valence-corrected chi connectivity index (χ0v) is 15.6. The zero-order chi connectivity index (χ0) is 18.5. The molecular weight excluding hydrogens is 362 g/mol. The van der Waals surface area contributed by atoms with Gasteiger partial charge in [-0.15, -0.1) is 0 Å². The highest BCUT2D eigenvalue weighted by Gasteiger charge is 2.22. The summed E-state index contributed by atoms with van der Waals surface area (Å²) in [5.74, 6) is 1.27. The Labute approximate surface area is 161 Å². The molecule has 140 valence electrons. The number of para-hydroxylation sites is 1. The molecule has 1 aliphatic heterocycles. The van der Waals surface area contributed by atoms with Crippen molar-refractivity contribution in [2.75, 3.05) is 18.4 Å². The van der Waals surface area contributed by atoms with Crippen molar-refractivity contribution in [1.82, 2.24) is 20.4 Å². The van der Waals surface area contributed by atoms with E-state index < -0.39 is 0 Å². The van der Waals surface area contributed by atoms with Gasteiger partial charge in [0.25, 0.3) is 0 Å². The number of likely N-dealkylation sites (tertiary alicyclic amines) is 1. The molecule has 1 aliphatic rings. The van der Waals surface area contributed by atoms with Crippen LogP contribution in [0.1, 0.15) is 18.7 Å². The molecule has 27 heavy (non-hydrogen) atoms. The van der Waals surface area contributed by atoms with Gasteiger partial charge in [0.1, 0.15) is 0 Å². The molecule has 2 N–H and O–H groups in total. The summed E-state index contributed by atoms with van der Waals surface area (Å²) in [5, 5.41) is 14.0. The molecule has 0 spiro atoms. The molecule has 1 aromatic carbocycles. The summed E-state index contributed by atoms with van der Waals surface area (Å²) >= 11 is 1.61. The number of carbonyl (C=O) groups is 1. The molecule has 0 aliphatic carbocycles. The number of nitrogens with zero attached hydrogens (tertiary/aromatic N) is 3. The standard InChI is InChI=1S/C19H21N5O2S/c25-19(20-15-4-2-1-3-5-15)21-16-6-9-24(10-7-16)12-17-22-18(23-26-17)14-8-11-27-13-14/h1-5,8,11,13,16H,6-7,9-10,12H2,(H2,20,21,25). The van der Waals surface area contributed by atoms with Crippen LogP contribution >= 0.6 is 11.3 Å². The topological polar surface area (TPSA) is 83.3 Å². The number of aromatic nitrogens is 2. The van der Waals surface area contributed by atoms with E-state index in [4.69, 9.17) is 4.52 Å². The predicted octanol–water partition coefficient (Wildman–Crippen LogP) is 3.58. The van der Waals surface area contributed by atoms with Crippen molar-refractivity contribution in [3.63, 3.8) is 0 Å². The average molecular weight is 383 g/mol. The minimum atomic E-state index is -0.156. The smallest absolute Gasteiger partial charge is 0.319 e. The maximum Gasteiger partial charge on any atom is 0.319 e. The van der Waals surface area contributed by atoms with E-state index in [9.17, 15) is 4.79 Å². The van der Waals surface area contributed by atoms with Crippen LogP contribution in [0.5, 0.6) is 0 Å². The maximum absolute atomic E-state index is 12.1. The molecule has 2 amide bonds. The molecule has 0 unspecified atom stereocenters. The Morgan fingerprint density at radius 2 is 2.04 bits per heavy atom. The predicted molar refractivity (Wildman–Crippen MR) is 105 cm³/mol. The van der Waals surface area contributed by atoms with Gasteiger partial charge >= 0.3 is 6.03 Å². The number of anilines is 1. The van der Waals surface area contributed by atoms with Crippen LogP contribution < -0.4 is 10.6 Å². The molecule has 0 atom stereocenters. The summed E-state index contributed by atoms with van der Waals surface area (Å²) in [6.07, 6.45) is 1.79. The molecular formula is C19H21N5O2S. The van der Waals surface area contributed by atoms with E-state index in [0.717, 1.165) is 37.2 Å². The first kappa shape index (κ1) is 17.7. The second kappa shape index (κ2) is 8.32. The van der Waals surface area contributed by atoms with E-state index in [1.165, 1.54) is 0 Å². The lowest BCUT2D eigenvalue weighted by Gasteiger charge is -2.31. The third-order valence-corrected chi connectivity index (χ3v) is 5.24. The number of carbonyl (C=O) groups excluding carboxylic acids is 1. The van der Waals surface area contributed by atoms with Gasteiger partial charge in [-0.05, 0) is 36.4 Å². The van der Waals surface area contributed by atoms with Gasteiger partial charge in [-0.3, -0.25) is 4.90 Å². The molecule has 1 fully saturated rings. The molecule has 0 bridgehead atoms. The van der Waals surface area contributed by atoms with Crippen molar-refractivity contribution in [3.05, 3.63) is 53.0 Å². The Morgan fingerprint density at radius 3 is 2.78 bits per heavy atom. The van der Waals surface area contributed by atoms with Gasteiger partial charge in [-0.25, -0.2) is 4.79 Å². The lowest BCUT2D eigenvalue weighted by atomic mass is 10.1. The first-order valence-electron chi connectivity index (χ1n) is 8.96. The molecule has 2 aromatic heterocycles. The van der Waals surface area contributed by atoms with Gasteiger partial charge < -0.3 is 15.2 Å². The van der Waals surface area contributed by atoms with Crippen LogP contribution in [-0.4, -0.2) is 40.2 Å². The number of hydrogen-bond acceptors (Lipinski definition) is 6. The van der Waals surface area contributed by atoms with Crippen molar-refractivity contribution in [2.45, 2.75) is 25.4 Å². The number of rotatable bonds is 5. The Morgan fingerprint density at radius 1 is 1.22 bits per heavy atom. The Bertz CT molecular complexity index is 857. The van der Waals surface area contributed by atoms with Crippen LogP contribution in [0.15, 0.2) is 51.7 Å². The van der Waals surface area contributed by atoms with Crippen molar-refractivity contribution >= 4 is 23.1 Å². The molecule has 0 saturated carbocycles. The van der Waals surface area contributed by atoms with Gasteiger partial charge in [0, 0.05) is 35.8 Å². The number of nitrogens with one attached hydrogen (secondary N) is 2. The van der Waals surface area contributed by atoms with Crippen LogP contribution in [0, 0.1) is 0 Å². The lowest BCUT2D eigenvalue weighted by molar-refractivity contribution is 0.171. The van der Waals surface area contributed by atoms with Crippen LogP contribution in [0.2, 0.25) is 0 Å². The van der Waals surface area contributed by atoms with E-state index in [1.807, 2.05) is 47.2 Å². The van der Waals surface area contributed by atoms with Crippen LogP contribution in [0.25, 0.3) is 11.4 Å². The molecule has 3 aromatic rings. The number of urea groups is 1.